The van der Waals surface area contributed by atoms with Crippen LogP contribution in [0.2, 0.25) is 0 Å². The van der Waals surface area contributed by atoms with Crippen LogP contribution in [0.15, 0.2) is 24.3 Å². The Balaban J connectivity index is 2.75. The lowest BCUT2D eigenvalue weighted by molar-refractivity contribution is 0.112. The van der Waals surface area contributed by atoms with Crippen molar-refractivity contribution in [3.63, 3.8) is 0 Å². The number of nitrogens with zero attached hydrogens (tertiary/aromatic N) is 1. The van der Waals surface area contributed by atoms with E-state index in [0.29, 0.717) is 5.56 Å². The van der Waals surface area contributed by atoms with Crippen molar-refractivity contribution in [2.45, 2.75) is 26.2 Å². The van der Waals surface area contributed by atoms with E-state index in [1.165, 1.54) is 0 Å². The van der Waals surface area contributed by atoms with Gasteiger partial charge in [0.05, 0.1) is 12.6 Å². The number of pyridine rings is 1. The third kappa shape index (κ3) is 2.21. The average Bonchev–Trinajstić information content (AvgIpc) is 2.35. The zero-order chi connectivity index (χ0) is 13.3. The fourth-order valence-corrected chi connectivity index (χ4v) is 1.84. The van der Waals surface area contributed by atoms with Crippen molar-refractivity contribution in [2.24, 2.45) is 0 Å². The van der Waals surface area contributed by atoms with Gasteiger partial charge in [-0.3, -0.25) is 9.78 Å². The summed E-state index contributed by atoms with van der Waals surface area (Å²) in [5.41, 5.74) is 2.32. The van der Waals surface area contributed by atoms with Crippen molar-refractivity contribution in [3.05, 3.63) is 35.5 Å². The molecule has 0 fully saturated rings. The molecule has 0 atom stereocenters. The molecule has 0 spiro atoms. The molecular formula is C15H17NO2. The van der Waals surface area contributed by atoms with Gasteiger partial charge in [-0.2, -0.15) is 0 Å². The number of rotatable bonds is 2. The van der Waals surface area contributed by atoms with E-state index in [-0.39, 0.29) is 5.41 Å². The highest BCUT2D eigenvalue weighted by atomic mass is 16.5. The molecular weight excluding hydrogens is 226 g/mol. The first-order valence-electron chi connectivity index (χ1n) is 5.90. The number of carbonyl (C=O) groups excluding carboxylic acids is 1. The summed E-state index contributed by atoms with van der Waals surface area (Å²) in [7, 11) is 1.61. The fourth-order valence-electron chi connectivity index (χ4n) is 1.84. The molecule has 2 rings (SSSR count). The maximum atomic E-state index is 11.2. The molecule has 3 heteroatoms. The molecule has 0 saturated heterocycles. The van der Waals surface area contributed by atoms with Crippen molar-refractivity contribution in [1.82, 2.24) is 4.98 Å². The minimum Gasteiger partial charge on any atom is -0.497 e. The van der Waals surface area contributed by atoms with Gasteiger partial charge in [0.25, 0.3) is 0 Å². The van der Waals surface area contributed by atoms with Gasteiger partial charge >= 0.3 is 0 Å². The molecule has 0 amide bonds. The zero-order valence-corrected chi connectivity index (χ0v) is 11.2. The highest BCUT2D eigenvalue weighted by molar-refractivity contribution is 5.97. The minimum atomic E-state index is -0.0775. The number of ether oxygens (including phenoxy) is 1. The Hall–Kier alpha value is -1.90. The number of hydrogen-bond donors (Lipinski definition) is 0. The summed E-state index contributed by atoms with van der Waals surface area (Å²) in [5, 5.41) is 0.831. The van der Waals surface area contributed by atoms with Gasteiger partial charge in [-0.15, -0.1) is 0 Å². The van der Waals surface area contributed by atoms with Crippen LogP contribution < -0.4 is 4.74 Å². The summed E-state index contributed by atoms with van der Waals surface area (Å²) in [4.78, 5) is 15.8. The van der Waals surface area contributed by atoms with E-state index < -0.39 is 0 Å². The van der Waals surface area contributed by atoms with E-state index in [0.717, 1.165) is 28.6 Å². The van der Waals surface area contributed by atoms with Crippen LogP contribution in [0.5, 0.6) is 5.75 Å². The molecule has 0 unspecified atom stereocenters. The van der Waals surface area contributed by atoms with Gasteiger partial charge in [0.2, 0.25) is 0 Å². The summed E-state index contributed by atoms with van der Waals surface area (Å²) in [6.45, 7) is 6.25. The Morgan fingerprint density at radius 3 is 2.50 bits per heavy atom. The van der Waals surface area contributed by atoms with Crippen LogP contribution in [0.4, 0.5) is 0 Å². The van der Waals surface area contributed by atoms with E-state index in [2.05, 4.69) is 25.8 Å². The molecule has 2 aromatic rings. The number of fused-ring (bicyclic) bond motifs is 1. The van der Waals surface area contributed by atoms with Crippen LogP contribution in [0.3, 0.4) is 0 Å². The second-order valence-corrected chi connectivity index (χ2v) is 5.35. The van der Waals surface area contributed by atoms with Crippen molar-refractivity contribution < 1.29 is 9.53 Å². The topological polar surface area (TPSA) is 39.2 Å². The average molecular weight is 243 g/mol. The summed E-state index contributed by atoms with van der Waals surface area (Å²) < 4.78 is 5.18. The smallest absolute Gasteiger partial charge is 0.150 e. The lowest BCUT2D eigenvalue weighted by atomic mass is 9.90. The Bertz CT molecular complexity index is 597. The van der Waals surface area contributed by atoms with E-state index >= 15 is 0 Å². The van der Waals surface area contributed by atoms with Gasteiger partial charge in [0.1, 0.15) is 5.75 Å². The molecule has 1 heterocycles. The van der Waals surface area contributed by atoms with E-state index in [1.54, 1.807) is 7.11 Å². The monoisotopic (exact) mass is 243 g/mol. The van der Waals surface area contributed by atoms with Crippen molar-refractivity contribution in [3.8, 4) is 5.75 Å². The van der Waals surface area contributed by atoms with E-state index in [1.807, 2.05) is 24.3 Å². The van der Waals surface area contributed by atoms with Gasteiger partial charge in [-0.1, -0.05) is 20.8 Å². The number of benzene rings is 1. The maximum absolute atomic E-state index is 11.2. The Labute approximate surface area is 107 Å². The first-order valence-corrected chi connectivity index (χ1v) is 5.90. The lowest BCUT2D eigenvalue weighted by Crippen LogP contribution is -2.14. The van der Waals surface area contributed by atoms with Crippen LogP contribution in [-0.4, -0.2) is 18.4 Å². The van der Waals surface area contributed by atoms with Crippen LogP contribution in [0, 0.1) is 0 Å². The molecule has 0 aliphatic carbocycles. The van der Waals surface area contributed by atoms with Gasteiger partial charge in [-0.25, -0.2) is 0 Å². The van der Waals surface area contributed by atoms with Crippen LogP contribution in [0.25, 0.3) is 10.9 Å². The minimum absolute atomic E-state index is 0.0775. The molecule has 18 heavy (non-hydrogen) atoms. The highest BCUT2D eigenvalue weighted by Gasteiger charge is 2.17. The molecule has 0 N–H and O–H groups in total. The number of carbonyl (C=O) groups is 1. The molecule has 0 bridgehead atoms. The molecule has 0 aliphatic rings. The third-order valence-electron chi connectivity index (χ3n) is 2.94. The lowest BCUT2D eigenvalue weighted by Gasteiger charge is -2.19. The van der Waals surface area contributed by atoms with Crippen LogP contribution in [0.1, 0.15) is 36.8 Å². The molecule has 1 aromatic heterocycles. The standard InChI is InChI=1S/C15H17NO2/c1-15(2,3)14-7-10(9-17)12-8-11(18-4)5-6-13(12)16-14/h5-9H,1-4H3. The van der Waals surface area contributed by atoms with E-state index in [9.17, 15) is 4.79 Å². The molecule has 94 valence electrons. The van der Waals surface area contributed by atoms with Gasteiger partial charge in [-0.05, 0) is 24.3 Å². The Morgan fingerprint density at radius 2 is 1.94 bits per heavy atom. The predicted octanol–water partition coefficient (Wildman–Crippen LogP) is 3.35. The quantitative estimate of drug-likeness (QED) is 0.759. The number of methoxy groups -OCH3 is 1. The highest BCUT2D eigenvalue weighted by Crippen LogP contribution is 2.27. The van der Waals surface area contributed by atoms with Gasteiger partial charge < -0.3 is 4.74 Å². The second kappa shape index (κ2) is 4.41. The van der Waals surface area contributed by atoms with Gasteiger partial charge in [0.15, 0.2) is 6.29 Å². The first kappa shape index (κ1) is 12.6. The normalized spacial score (nSPS) is 11.6. The Morgan fingerprint density at radius 1 is 1.22 bits per heavy atom. The SMILES string of the molecule is COc1ccc2nc(C(C)(C)C)cc(C=O)c2c1. The van der Waals surface area contributed by atoms with Crippen molar-refractivity contribution in [2.75, 3.05) is 7.11 Å². The largest absolute Gasteiger partial charge is 0.497 e. The molecule has 0 saturated carbocycles. The number of aldehydes is 1. The van der Waals surface area contributed by atoms with Crippen LogP contribution in [-0.2, 0) is 5.41 Å². The number of hydrogen-bond acceptors (Lipinski definition) is 3. The molecule has 0 radical (unpaired) electrons. The van der Waals surface area contributed by atoms with Crippen LogP contribution >= 0.6 is 0 Å². The van der Waals surface area contributed by atoms with Gasteiger partial charge in [0, 0.05) is 22.1 Å². The van der Waals surface area contributed by atoms with E-state index in [4.69, 9.17) is 4.74 Å². The number of aromatic nitrogens is 1. The predicted molar refractivity (Wildman–Crippen MR) is 72.4 cm³/mol. The zero-order valence-electron chi connectivity index (χ0n) is 11.2. The summed E-state index contributed by atoms with van der Waals surface area (Å²) in [5.74, 6) is 0.732. The summed E-state index contributed by atoms with van der Waals surface area (Å²) >= 11 is 0. The Kier molecular flexibility index (Phi) is 3.07. The first-order chi connectivity index (χ1) is 8.45. The van der Waals surface area contributed by atoms with Crippen molar-refractivity contribution in [1.29, 1.82) is 0 Å². The fraction of sp³-hybridized carbons (Fsp3) is 0.333. The molecule has 3 nitrogen and oxygen atoms in total. The second-order valence-electron chi connectivity index (χ2n) is 5.35. The summed E-state index contributed by atoms with van der Waals surface area (Å²) in [6, 6.07) is 7.44. The maximum Gasteiger partial charge on any atom is 0.150 e. The molecule has 0 aliphatic heterocycles. The summed E-state index contributed by atoms with van der Waals surface area (Å²) in [6.07, 6.45) is 0.874. The third-order valence-corrected chi connectivity index (χ3v) is 2.94. The molecule has 1 aromatic carbocycles. The van der Waals surface area contributed by atoms with Crippen molar-refractivity contribution >= 4 is 17.2 Å².